The number of amides is 1. The molecule has 0 spiro atoms. The summed E-state index contributed by atoms with van der Waals surface area (Å²) in [6.45, 7) is 3.14. The lowest BCUT2D eigenvalue weighted by atomic mass is 10.0. The Kier molecular flexibility index (Phi) is 3.06. The second-order valence-corrected chi connectivity index (χ2v) is 4.82. The van der Waals surface area contributed by atoms with Gasteiger partial charge in [0.25, 0.3) is 0 Å². The highest BCUT2D eigenvalue weighted by molar-refractivity contribution is 9.10. The number of rotatable bonds is 4. The standard InChI is InChI=1S/C9H13BrN4O/c10-8-1-12-14(5-8)4-7-2-13(3-7)6-9(11)15/h1,5,7H,2-4,6H2,(H2,11,15). The van der Waals surface area contributed by atoms with Gasteiger partial charge in [-0.25, -0.2) is 0 Å². The zero-order chi connectivity index (χ0) is 10.8. The van der Waals surface area contributed by atoms with E-state index in [-0.39, 0.29) is 5.91 Å². The third kappa shape index (κ3) is 2.79. The molecule has 2 N–H and O–H groups in total. The minimum Gasteiger partial charge on any atom is -0.369 e. The quantitative estimate of drug-likeness (QED) is 0.844. The van der Waals surface area contributed by atoms with Gasteiger partial charge in [0.2, 0.25) is 5.91 Å². The molecule has 1 amide bonds. The molecule has 6 heteroatoms. The maximum atomic E-state index is 10.6. The van der Waals surface area contributed by atoms with Gasteiger partial charge in [0.05, 0.1) is 17.2 Å². The lowest BCUT2D eigenvalue weighted by molar-refractivity contribution is -0.120. The fourth-order valence-electron chi connectivity index (χ4n) is 1.84. The Morgan fingerprint density at radius 3 is 2.93 bits per heavy atom. The molecule has 1 fully saturated rings. The number of halogens is 1. The van der Waals surface area contributed by atoms with Gasteiger partial charge in [-0.3, -0.25) is 14.4 Å². The Balaban J connectivity index is 1.74. The fourth-order valence-corrected chi connectivity index (χ4v) is 2.17. The Hall–Kier alpha value is -0.880. The molecular formula is C9H13BrN4O. The van der Waals surface area contributed by atoms with Crippen LogP contribution in [0.25, 0.3) is 0 Å². The van der Waals surface area contributed by atoms with E-state index in [1.54, 1.807) is 6.20 Å². The van der Waals surface area contributed by atoms with Crippen LogP contribution >= 0.6 is 15.9 Å². The number of nitrogens with two attached hydrogens (primary N) is 1. The summed E-state index contributed by atoms with van der Waals surface area (Å²) in [6.07, 6.45) is 3.73. The number of aromatic nitrogens is 2. The highest BCUT2D eigenvalue weighted by atomic mass is 79.9. The molecule has 0 aliphatic carbocycles. The van der Waals surface area contributed by atoms with Gasteiger partial charge in [-0.05, 0) is 15.9 Å². The fraction of sp³-hybridized carbons (Fsp3) is 0.556. The molecule has 82 valence electrons. The summed E-state index contributed by atoms with van der Waals surface area (Å²) in [6, 6.07) is 0. The number of primary amides is 1. The van der Waals surface area contributed by atoms with Crippen molar-refractivity contribution >= 4 is 21.8 Å². The first-order valence-corrected chi connectivity index (χ1v) is 5.61. The van der Waals surface area contributed by atoms with Crippen LogP contribution in [0.15, 0.2) is 16.9 Å². The van der Waals surface area contributed by atoms with Crippen LogP contribution < -0.4 is 5.73 Å². The summed E-state index contributed by atoms with van der Waals surface area (Å²) in [7, 11) is 0. The smallest absolute Gasteiger partial charge is 0.231 e. The van der Waals surface area contributed by atoms with Gasteiger partial charge < -0.3 is 5.73 Å². The molecule has 0 radical (unpaired) electrons. The van der Waals surface area contributed by atoms with Crippen LogP contribution in [0, 0.1) is 5.92 Å². The summed E-state index contributed by atoms with van der Waals surface area (Å²) >= 11 is 3.35. The molecule has 1 aliphatic heterocycles. The third-order valence-electron chi connectivity index (χ3n) is 2.46. The van der Waals surface area contributed by atoms with Crippen molar-refractivity contribution in [1.29, 1.82) is 0 Å². The molecule has 0 aromatic carbocycles. The van der Waals surface area contributed by atoms with E-state index in [1.165, 1.54) is 0 Å². The minimum absolute atomic E-state index is 0.254. The van der Waals surface area contributed by atoms with Crippen molar-refractivity contribution in [3.8, 4) is 0 Å². The van der Waals surface area contributed by atoms with Gasteiger partial charge in [0, 0.05) is 31.7 Å². The number of likely N-dealkylation sites (tertiary alicyclic amines) is 1. The number of carbonyl (C=O) groups excluding carboxylic acids is 1. The molecule has 5 nitrogen and oxygen atoms in total. The van der Waals surface area contributed by atoms with Crippen LogP contribution in [-0.2, 0) is 11.3 Å². The molecule has 2 rings (SSSR count). The Morgan fingerprint density at radius 2 is 2.40 bits per heavy atom. The minimum atomic E-state index is -0.254. The van der Waals surface area contributed by atoms with Crippen LogP contribution in [0.5, 0.6) is 0 Å². The summed E-state index contributed by atoms with van der Waals surface area (Å²) in [5, 5.41) is 4.18. The van der Waals surface area contributed by atoms with Crippen molar-refractivity contribution in [3.05, 3.63) is 16.9 Å². The molecule has 1 aliphatic rings. The van der Waals surface area contributed by atoms with E-state index in [0.29, 0.717) is 12.5 Å². The first kappa shape index (κ1) is 10.6. The van der Waals surface area contributed by atoms with Crippen LogP contribution in [0.4, 0.5) is 0 Å². The topological polar surface area (TPSA) is 64.2 Å². The van der Waals surface area contributed by atoms with Crippen molar-refractivity contribution in [2.75, 3.05) is 19.6 Å². The number of hydrogen-bond donors (Lipinski definition) is 1. The van der Waals surface area contributed by atoms with Crippen LogP contribution in [-0.4, -0.2) is 40.2 Å². The molecule has 15 heavy (non-hydrogen) atoms. The molecule has 0 bridgehead atoms. The Morgan fingerprint density at radius 1 is 1.67 bits per heavy atom. The predicted octanol–water partition coefficient (Wildman–Crippen LogP) is 0.0627. The molecular weight excluding hydrogens is 260 g/mol. The van der Waals surface area contributed by atoms with Crippen LogP contribution in [0.2, 0.25) is 0 Å². The molecule has 1 aromatic heterocycles. The second-order valence-electron chi connectivity index (χ2n) is 3.91. The average Bonchev–Trinajstić information content (AvgIpc) is 2.47. The molecule has 0 unspecified atom stereocenters. The van der Waals surface area contributed by atoms with E-state index >= 15 is 0 Å². The first-order chi connectivity index (χ1) is 7.13. The van der Waals surface area contributed by atoms with Crippen molar-refractivity contribution in [2.24, 2.45) is 11.7 Å². The van der Waals surface area contributed by atoms with E-state index in [9.17, 15) is 4.79 Å². The van der Waals surface area contributed by atoms with Gasteiger partial charge >= 0.3 is 0 Å². The van der Waals surface area contributed by atoms with E-state index in [1.807, 2.05) is 15.8 Å². The summed E-state index contributed by atoms with van der Waals surface area (Å²) in [4.78, 5) is 12.7. The maximum Gasteiger partial charge on any atom is 0.231 e. The highest BCUT2D eigenvalue weighted by Gasteiger charge is 2.27. The Labute approximate surface area is 96.4 Å². The molecule has 0 saturated carbocycles. The molecule has 1 aromatic rings. The van der Waals surface area contributed by atoms with E-state index in [0.717, 1.165) is 24.1 Å². The Bertz CT molecular complexity index is 359. The van der Waals surface area contributed by atoms with Crippen molar-refractivity contribution < 1.29 is 4.79 Å². The average molecular weight is 273 g/mol. The lowest BCUT2D eigenvalue weighted by Gasteiger charge is -2.38. The first-order valence-electron chi connectivity index (χ1n) is 4.82. The number of hydrogen-bond acceptors (Lipinski definition) is 3. The summed E-state index contributed by atoms with van der Waals surface area (Å²) in [5.41, 5.74) is 5.10. The van der Waals surface area contributed by atoms with Crippen molar-refractivity contribution in [2.45, 2.75) is 6.54 Å². The monoisotopic (exact) mass is 272 g/mol. The summed E-state index contributed by atoms with van der Waals surface area (Å²) in [5.74, 6) is 0.325. The van der Waals surface area contributed by atoms with E-state index in [2.05, 4.69) is 21.0 Å². The molecule has 1 saturated heterocycles. The SMILES string of the molecule is NC(=O)CN1CC(Cn2cc(Br)cn2)C1. The number of nitrogens with zero attached hydrogens (tertiary/aromatic N) is 3. The number of carbonyl (C=O) groups is 1. The van der Waals surface area contributed by atoms with Gasteiger partial charge in [-0.1, -0.05) is 0 Å². The van der Waals surface area contributed by atoms with E-state index in [4.69, 9.17) is 5.73 Å². The molecule has 2 heterocycles. The predicted molar refractivity (Wildman–Crippen MR) is 59.1 cm³/mol. The van der Waals surface area contributed by atoms with E-state index < -0.39 is 0 Å². The zero-order valence-electron chi connectivity index (χ0n) is 8.27. The third-order valence-corrected chi connectivity index (χ3v) is 2.87. The van der Waals surface area contributed by atoms with Crippen LogP contribution in [0.3, 0.4) is 0 Å². The molecule has 0 atom stereocenters. The largest absolute Gasteiger partial charge is 0.369 e. The highest BCUT2D eigenvalue weighted by Crippen LogP contribution is 2.17. The lowest BCUT2D eigenvalue weighted by Crippen LogP contribution is -2.51. The zero-order valence-corrected chi connectivity index (χ0v) is 9.85. The second kappa shape index (κ2) is 4.32. The van der Waals surface area contributed by atoms with Gasteiger partial charge in [0.15, 0.2) is 0 Å². The van der Waals surface area contributed by atoms with Gasteiger partial charge in [0.1, 0.15) is 0 Å². The van der Waals surface area contributed by atoms with Crippen molar-refractivity contribution in [3.63, 3.8) is 0 Å². The maximum absolute atomic E-state index is 10.6. The van der Waals surface area contributed by atoms with Gasteiger partial charge in [-0.2, -0.15) is 5.10 Å². The van der Waals surface area contributed by atoms with Crippen LogP contribution in [0.1, 0.15) is 0 Å². The summed E-state index contributed by atoms with van der Waals surface area (Å²) < 4.78 is 2.91. The van der Waals surface area contributed by atoms with Crippen molar-refractivity contribution in [1.82, 2.24) is 14.7 Å². The normalized spacial score (nSPS) is 17.7. The van der Waals surface area contributed by atoms with Gasteiger partial charge in [-0.15, -0.1) is 0 Å².